The van der Waals surface area contributed by atoms with Gasteiger partial charge in [0.05, 0.1) is 35.1 Å². The molecule has 0 amide bonds. The summed E-state index contributed by atoms with van der Waals surface area (Å²) >= 11 is 12.4. The highest BCUT2D eigenvalue weighted by atomic mass is 35.5. The van der Waals surface area contributed by atoms with Gasteiger partial charge in [-0.25, -0.2) is 4.98 Å². The molecule has 0 unspecified atom stereocenters. The highest BCUT2D eigenvalue weighted by molar-refractivity contribution is 6.34. The van der Waals surface area contributed by atoms with Crippen LogP contribution in [0.1, 0.15) is 0 Å². The van der Waals surface area contributed by atoms with Crippen LogP contribution >= 0.6 is 23.2 Å². The van der Waals surface area contributed by atoms with Crippen molar-refractivity contribution in [1.82, 2.24) is 4.98 Å². The molecule has 0 radical (unpaired) electrons. The summed E-state index contributed by atoms with van der Waals surface area (Å²) in [7, 11) is 2.94. The van der Waals surface area contributed by atoms with Gasteiger partial charge in [0.25, 0.3) is 5.69 Å². The Morgan fingerprint density at radius 3 is 2.44 bits per heavy atom. The number of nitrogens with zero attached hydrogens (tertiary/aromatic N) is 2. The highest BCUT2D eigenvalue weighted by Crippen LogP contribution is 2.45. The van der Waals surface area contributed by atoms with Crippen molar-refractivity contribution in [3.63, 3.8) is 0 Å². The van der Waals surface area contributed by atoms with Gasteiger partial charge in [-0.2, -0.15) is 0 Å². The number of benzene rings is 2. The monoisotopic (exact) mass is 378 g/mol. The molecule has 1 aromatic heterocycles. The topological polar surface area (TPSA) is 74.5 Å². The Morgan fingerprint density at radius 1 is 1.08 bits per heavy atom. The number of fused-ring (bicyclic) bond motifs is 1. The lowest BCUT2D eigenvalue weighted by atomic mass is 9.98. The molecule has 0 saturated heterocycles. The third-order valence-corrected chi connectivity index (χ3v) is 4.21. The van der Waals surface area contributed by atoms with E-state index in [0.717, 1.165) is 0 Å². The van der Waals surface area contributed by atoms with E-state index < -0.39 is 4.92 Å². The maximum Gasteiger partial charge on any atom is 0.277 e. The maximum absolute atomic E-state index is 11.4. The summed E-state index contributed by atoms with van der Waals surface area (Å²) in [6.45, 7) is 0. The fourth-order valence-electron chi connectivity index (χ4n) is 2.72. The second kappa shape index (κ2) is 6.74. The van der Waals surface area contributed by atoms with Crippen LogP contribution in [0.2, 0.25) is 10.2 Å². The quantitative estimate of drug-likeness (QED) is 0.357. The van der Waals surface area contributed by atoms with E-state index in [0.29, 0.717) is 38.6 Å². The van der Waals surface area contributed by atoms with Gasteiger partial charge in [-0.15, -0.1) is 0 Å². The first-order valence-electron chi connectivity index (χ1n) is 7.12. The summed E-state index contributed by atoms with van der Waals surface area (Å²) in [5.74, 6) is 0.734. The van der Waals surface area contributed by atoms with Crippen LogP contribution in [0.15, 0.2) is 36.4 Å². The van der Waals surface area contributed by atoms with Crippen molar-refractivity contribution >= 4 is 39.8 Å². The summed E-state index contributed by atoms with van der Waals surface area (Å²) in [6.07, 6.45) is 0. The molecule has 0 bridgehead atoms. The number of hydrogen-bond acceptors (Lipinski definition) is 5. The lowest BCUT2D eigenvalue weighted by Gasteiger charge is -2.15. The second-order valence-electron chi connectivity index (χ2n) is 5.08. The van der Waals surface area contributed by atoms with Gasteiger partial charge in [0.1, 0.15) is 22.2 Å². The molecule has 0 saturated carbocycles. The molecule has 6 nitrogen and oxygen atoms in total. The zero-order chi connectivity index (χ0) is 18.1. The molecule has 0 aliphatic rings. The van der Waals surface area contributed by atoms with Crippen molar-refractivity contribution in [2.24, 2.45) is 0 Å². The first kappa shape index (κ1) is 17.3. The normalized spacial score (nSPS) is 10.7. The van der Waals surface area contributed by atoms with E-state index in [1.54, 1.807) is 30.3 Å². The molecule has 8 heteroatoms. The minimum Gasteiger partial charge on any atom is -0.494 e. The Bertz CT molecular complexity index is 992. The number of nitro groups is 1. The van der Waals surface area contributed by atoms with Gasteiger partial charge in [0.15, 0.2) is 0 Å². The van der Waals surface area contributed by atoms with Crippen molar-refractivity contribution < 1.29 is 14.4 Å². The Kier molecular flexibility index (Phi) is 4.65. The van der Waals surface area contributed by atoms with E-state index in [9.17, 15) is 10.1 Å². The molecule has 2 aromatic carbocycles. The summed E-state index contributed by atoms with van der Waals surface area (Å²) in [5.41, 5.74) is 1.21. The number of halogens is 2. The van der Waals surface area contributed by atoms with Crippen molar-refractivity contribution in [2.45, 2.75) is 0 Å². The van der Waals surface area contributed by atoms with Gasteiger partial charge in [-0.05, 0) is 12.1 Å². The molecule has 1 heterocycles. The first-order valence-corrected chi connectivity index (χ1v) is 7.88. The number of para-hydroxylation sites is 1. The SMILES string of the molecule is COc1cc(Cl)c(OC)c2c(-c3ccccc3[N+](=O)[O-])cc(Cl)nc12. The van der Waals surface area contributed by atoms with Crippen LogP contribution in [-0.4, -0.2) is 24.1 Å². The molecule has 0 aliphatic heterocycles. The minimum atomic E-state index is -0.455. The van der Waals surface area contributed by atoms with Crippen LogP contribution in [0.5, 0.6) is 11.5 Å². The smallest absolute Gasteiger partial charge is 0.277 e. The number of pyridine rings is 1. The summed E-state index contributed by atoms with van der Waals surface area (Å²) in [6, 6.07) is 9.47. The average molecular weight is 379 g/mol. The van der Waals surface area contributed by atoms with Crippen LogP contribution in [0.4, 0.5) is 5.69 Å². The van der Waals surface area contributed by atoms with Crippen molar-refractivity contribution in [2.75, 3.05) is 14.2 Å². The van der Waals surface area contributed by atoms with Gasteiger partial charge >= 0.3 is 0 Å². The molecule has 128 valence electrons. The van der Waals surface area contributed by atoms with Gasteiger partial charge in [0.2, 0.25) is 0 Å². The van der Waals surface area contributed by atoms with Crippen LogP contribution in [0.3, 0.4) is 0 Å². The number of rotatable bonds is 4. The molecule has 0 aliphatic carbocycles. The van der Waals surface area contributed by atoms with Crippen LogP contribution in [0.25, 0.3) is 22.0 Å². The fourth-order valence-corrected chi connectivity index (χ4v) is 3.18. The van der Waals surface area contributed by atoms with E-state index in [2.05, 4.69) is 4.98 Å². The van der Waals surface area contributed by atoms with Crippen LogP contribution in [-0.2, 0) is 0 Å². The lowest BCUT2D eigenvalue weighted by Crippen LogP contribution is -1.97. The Labute approximate surface area is 153 Å². The third kappa shape index (κ3) is 2.94. The Balaban J connectivity index is 2.52. The molecule has 3 rings (SSSR count). The molecular weight excluding hydrogens is 367 g/mol. The Hall–Kier alpha value is -2.57. The largest absolute Gasteiger partial charge is 0.494 e. The van der Waals surface area contributed by atoms with E-state index in [1.165, 1.54) is 20.3 Å². The van der Waals surface area contributed by atoms with Gasteiger partial charge < -0.3 is 9.47 Å². The Morgan fingerprint density at radius 2 is 1.80 bits per heavy atom. The van der Waals surface area contributed by atoms with Crippen molar-refractivity contribution in [1.29, 1.82) is 0 Å². The fraction of sp³-hybridized carbons (Fsp3) is 0.118. The number of aromatic nitrogens is 1. The number of hydrogen-bond donors (Lipinski definition) is 0. The summed E-state index contributed by atoms with van der Waals surface area (Å²) in [4.78, 5) is 15.3. The van der Waals surface area contributed by atoms with E-state index in [-0.39, 0.29) is 10.8 Å². The van der Waals surface area contributed by atoms with Gasteiger partial charge in [0, 0.05) is 17.7 Å². The molecule has 0 spiro atoms. The third-order valence-electron chi connectivity index (χ3n) is 3.74. The van der Waals surface area contributed by atoms with Gasteiger partial charge in [-0.1, -0.05) is 35.3 Å². The molecule has 0 fully saturated rings. The van der Waals surface area contributed by atoms with E-state index in [4.69, 9.17) is 32.7 Å². The number of methoxy groups -OCH3 is 2. The van der Waals surface area contributed by atoms with Crippen LogP contribution < -0.4 is 9.47 Å². The zero-order valence-electron chi connectivity index (χ0n) is 13.2. The van der Waals surface area contributed by atoms with E-state index in [1.807, 2.05) is 0 Å². The second-order valence-corrected chi connectivity index (χ2v) is 5.88. The summed E-state index contributed by atoms with van der Waals surface area (Å²) in [5, 5.41) is 12.4. The maximum atomic E-state index is 11.4. The van der Waals surface area contributed by atoms with Crippen molar-refractivity contribution in [3.8, 4) is 22.6 Å². The van der Waals surface area contributed by atoms with Gasteiger partial charge in [-0.3, -0.25) is 10.1 Å². The lowest BCUT2D eigenvalue weighted by molar-refractivity contribution is -0.384. The number of ether oxygens (including phenoxy) is 2. The molecule has 25 heavy (non-hydrogen) atoms. The first-order chi connectivity index (χ1) is 12.0. The highest BCUT2D eigenvalue weighted by Gasteiger charge is 2.23. The van der Waals surface area contributed by atoms with Crippen molar-refractivity contribution in [3.05, 3.63) is 56.7 Å². The molecule has 0 atom stereocenters. The predicted octanol–water partition coefficient (Wildman–Crippen LogP) is 5.13. The van der Waals surface area contributed by atoms with E-state index >= 15 is 0 Å². The standard InChI is InChI=1S/C17H12Cl2N2O4/c1-24-13-8-11(18)17(25-2)15-10(7-14(19)20-16(13)15)9-5-3-4-6-12(9)21(22)23/h3-8H,1-2H3. The summed E-state index contributed by atoms with van der Waals surface area (Å²) < 4.78 is 10.8. The molecular formula is C17H12Cl2N2O4. The van der Waals surface area contributed by atoms with Crippen LogP contribution in [0, 0.1) is 10.1 Å². The minimum absolute atomic E-state index is 0.0629. The molecule has 0 N–H and O–H groups in total. The predicted molar refractivity (Wildman–Crippen MR) is 97.0 cm³/mol. The molecule has 3 aromatic rings. The number of nitro benzene ring substituents is 1. The zero-order valence-corrected chi connectivity index (χ0v) is 14.8. The average Bonchev–Trinajstić information content (AvgIpc) is 2.60.